The highest BCUT2D eigenvalue weighted by atomic mass is 16.5. The molecule has 1 saturated carbocycles. The predicted octanol–water partition coefficient (Wildman–Crippen LogP) is 7.58. The van der Waals surface area contributed by atoms with E-state index in [9.17, 15) is 9.90 Å². The van der Waals surface area contributed by atoms with Crippen LogP contribution in [0.5, 0.6) is 11.5 Å². The molecule has 180 valence electrons. The molecule has 33 heavy (non-hydrogen) atoms. The molecule has 0 heterocycles. The van der Waals surface area contributed by atoms with Crippen molar-refractivity contribution in [2.75, 3.05) is 29.9 Å². The van der Waals surface area contributed by atoms with Crippen molar-refractivity contribution in [3.8, 4) is 11.5 Å². The highest BCUT2D eigenvalue weighted by Gasteiger charge is 2.22. The third-order valence-corrected chi connectivity index (χ3v) is 6.49. The van der Waals surface area contributed by atoms with E-state index in [2.05, 4.69) is 24.1 Å². The summed E-state index contributed by atoms with van der Waals surface area (Å²) in [6.45, 7) is 6.98. The summed E-state index contributed by atoms with van der Waals surface area (Å²) < 4.78 is 6.46. The number of benzene rings is 2. The van der Waals surface area contributed by atoms with Crippen LogP contribution in [0.4, 0.5) is 11.4 Å². The van der Waals surface area contributed by atoms with Crippen LogP contribution < -0.4 is 15.0 Å². The lowest BCUT2D eigenvalue weighted by molar-refractivity contribution is 0.0697. The summed E-state index contributed by atoms with van der Waals surface area (Å²) in [5.74, 6) is 1.20. The number of nitrogens with one attached hydrogen (secondary N) is 1. The summed E-state index contributed by atoms with van der Waals surface area (Å²) in [4.78, 5) is 14.4. The monoisotopic (exact) mass is 452 g/mol. The van der Waals surface area contributed by atoms with E-state index in [1.54, 1.807) is 12.1 Å². The maximum atomic E-state index is 12.0. The lowest BCUT2D eigenvalue weighted by Gasteiger charge is -2.29. The first kappa shape index (κ1) is 24.9. The van der Waals surface area contributed by atoms with E-state index in [4.69, 9.17) is 4.74 Å². The fourth-order valence-electron chi connectivity index (χ4n) is 4.51. The molecule has 0 bridgehead atoms. The van der Waals surface area contributed by atoms with Gasteiger partial charge in [0.15, 0.2) is 5.75 Å². The molecule has 5 nitrogen and oxygen atoms in total. The highest BCUT2D eigenvalue weighted by Crippen LogP contribution is 2.41. The third-order valence-electron chi connectivity index (χ3n) is 6.49. The number of rotatable bonds is 13. The summed E-state index contributed by atoms with van der Waals surface area (Å²) in [5.41, 5.74) is 1.94. The van der Waals surface area contributed by atoms with Crippen LogP contribution in [0, 0.1) is 5.92 Å². The minimum absolute atomic E-state index is 0.301. The average Bonchev–Trinajstić information content (AvgIpc) is 2.84. The maximum absolute atomic E-state index is 12.0. The van der Waals surface area contributed by atoms with Gasteiger partial charge in [-0.15, -0.1) is 0 Å². The van der Waals surface area contributed by atoms with E-state index in [-0.39, 0.29) is 0 Å². The van der Waals surface area contributed by atoms with Gasteiger partial charge in [0.25, 0.3) is 0 Å². The molecule has 1 aliphatic rings. The Morgan fingerprint density at radius 3 is 2.30 bits per heavy atom. The van der Waals surface area contributed by atoms with Crippen LogP contribution in [-0.2, 0) is 0 Å². The molecular weight excluding hydrogens is 412 g/mol. The number of ether oxygens (including phenoxy) is 1. The molecule has 0 radical (unpaired) electrons. The summed E-state index contributed by atoms with van der Waals surface area (Å²) in [6, 6.07) is 13.3. The number of anilines is 2. The van der Waals surface area contributed by atoms with Gasteiger partial charge >= 0.3 is 5.97 Å². The molecule has 1 fully saturated rings. The number of carboxylic acid groups (broad SMARTS) is 1. The fraction of sp³-hybridized carbons (Fsp3) is 0.536. The normalized spacial score (nSPS) is 14.1. The van der Waals surface area contributed by atoms with Gasteiger partial charge in [-0.1, -0.05) is 64.2 Å². The molecule has 2 aromatic carbocycles. The smallest absolute Gasteiger partial charge is 0.335 e. The van der Waals surface area contributed by atoms with Gasteiger partial charge in [-0.25, -0.2) is 4.79 Å². The molecule has 0 amide bonds. The van der Waals surface area contributed by atoms with Crippen molar-refractivity contribution >= 4 is 17.3 Å². The molecule has 0 saturated heterocycles. The van der Waals surface area contributed by atoms with Crippen molar-refractivity contribution in [2.45, 2.75) is 71.6 Å². The minimum atomic E-state index is -0.908. The second-order valence-electron chi connectivity index (χ2n) is 9.17. The van der Waals surface area contributed by atoms with Gasteiger partial charge in [0.2, 0.25) is 0 Å². The molecule has 0 aromatic heterocycles. The molecule has 0 aliphatic heterocycles. The zero-order valence-corrected chi connectivity index (χ0v) is 20.3. The van der Waals surface area contributed by atoms with Crippen LogP contribution in [0.3, 0.4) is 0 Å². The first-order chi connectivity index (χ1) is 16.1. The number of unbranched alkanes of at least 4 members (excludes halogenated alkanes) is 2. The van der Waals surface area contributed by atoms with Crippen molar-refractivity contribution in [2.24, 2.45) is 5.92 Å². The van der Waals surface area contributed by atoms with Crippen molar-refractivity contribution in [1.82, 2.24) is 0 Å². The Kier molecular flexibility index (Phi) is 9.92. The largest absolute Gasteiger partial charge is 0.478 e. The maximum Gasteiger partial charge on any atom is 0.335 e. The first-order valence-corrected chi connectivity index (χ1v) is 12.7. The van der Waals surface area contributed by atoms with Crippen LogP contribution in [-0.4, -0.2) is 30.7 Å². The molecule has 0 atom stereocenters. The Labute approximate surface area is 199 Å². The Balaban J connectivity index is 2.01. The SMILES string of the molecule is CCCCN(CCCC)c1cc(C(=O)O)cc(NCC2CCCCC2)c1Oc1ccccc1. The van der Waals surface area contributed by atoms with Gasteiger partial charge in [0.1, 0.15) is 5.75 Å². The van der Waals surface area contributed by atoms with Gasteiger partial charge in [0.05, 0.1) is 16.9 Å². The Morgan fingerprint density at radius 2 is 1.70 bits per heavy atom. The fourth-order valence-corrected chi connectivity index (χ4v) is 4.51. The molecule has 0 spiro atoms. The number of carbonyl (C=O) groups is 1. The number of aromatic carboxylic acids is 1. The van der Waals surface area contributed by atoms with E-state index >= 15 is 0 Å². The third kappa shape index (κ3) is 7.41. The predicted molar refractivity (Wildman–Crippen MR) is 137 cm³/mol. The number of carboxylic acids is 1. The van der Waals surface area contributed by atoms with E-state index in [0.717, 1.165) is 68.2 Å². The van der Waals surface area contributed by atoms with Gasteiger partial charge in [0, 0.05) is 19.6 Å². The second kappa shape index (κ2) is 13.1. The van der Waals surface area contributed by atoms with E-state index in [1.807, 2.05) is 30.3 Å². The highest BCUT2D eigenvalue weighted by molar-refractivity contribution is 5.92. The quantitative estimate of drug-likeness (QED) is 0.328. The van der Waals surface area contributed by atoms with Crippen LogP contribution in [0.2, 0.25) is 0 Å². The Bertz CT molecular complexity index is 855. The Morgan fingerprint density at radius 1 is 1.03 bits per heavy atom. The zero-order chi connectivity index (χ0) is 23.5. The first-order valence-electron chi connectivity index (χ1n) is 12.7. The second-order valence-corrected chi connectivity index (χ2v) is 9.17. The number of hydrogen-bond acceptors (Lipinski definition) is 4. The molecule has 3 rings (SSSR count). The van der Waals surface area contributed by atoms with Crippen LogP contribution in [0.1, 0.15) is 82.0 Å². The average molecular weight is 453 g/mol. The molecule has 5 heteroatoms. The summed E-state index contributed by atoms with van der Waals surface area (Å²) in [5, 5.41) is 13.5. The standard InChI is InChI=1S/C28H40N2O3/c1-3-5-17-30(18-6-4-2)26-20-23(28(31)32)19-25(29-21-22-13-9-7-10-14-22)27(26)33-24-15-11-8-12-16-24/h8,11-12,15-16,19-20,22,29H,3-7,9-10,13-14,17-18,21H2,1-2H3,(H,31,32). The van der Waals surface area contributed by atoms with Crippen molar-refractivity contribution in [1.29, 1.82) is 0 Å². The van der Waals surface area contributed by atoms with Gasteiger partial charge < -0.3 is 20.1 Å². The lowest BCUT2D eigenvalue weighted by atomic mass is 9.89. The van der Waals surface area contributed by atoms with E-state index in [0.29, 0.717) is 11.5 Å². The van der Waals surface area contributed by atoms with Crippen LogP contribution >= 0.6 is 0 Å². The molecule has 2 aromatic rings. The zero-order valence-electron chi connectivity index (χ0n) is 20.3. The van der Waals surface area contributed by atoms with Crippen molar-refractivity contribution in [3.05, 3.63) is 48.0 Å². The van der Waals surface area contributed by atoms with Crippen molar-refractivity contribution < 1.29 is 14.6 Å². The van der Waals surface area contributed by atoms with E-state index < -0.39 is 5.97 Å². The molecule has 0 unspecified atom stereocenters. The summed E-state index contributed by atoms with van der Waals surface area (Å²) >= 11 is 0. The van der Waals surface area contributed by atoms with Gasteiger partial charge in [-0.2, -0.15) is 0 Å². The summed E-state index contributed by atoms with van der Waals surface area (Å²) in [7, 11) is 0. The number of para-hydroxylation sites is 1. The molecule has 2 N–H and O–H groups in total. The number of nitrogens with zero attached hydrogens (tertiary/aromatic N) is 1. The van der Waals surface area contributed by atoms with Crippen LogP contribution in [0.25, 0.3) is 0 Å². The van der Waals surface area contributed by atoms with Crippen LogP contribution in [0.15, 0.2) is 42.5 Å². The van der Waals surface area contributed by atoms with Gasteiger partial charge in [-0.3, -0.25) is 0 Å². The topological polar surface area (TPSA) is 61.8 Å². The lowest BCUT2D eigenvalue weighted by Crippen LogP contribution is -2.27. The number of hydrogen-bond donors (Lipinski definition) is 2. The molecular formula is C28H40N2O3. The Hall–Kier alpha value is -2.69. The van der Waals surface area contributed by atoms with Crippen molar-refractivity contribution in [3.63, 3.8) is 0 Å². The van der Waals surface area contributed by atoms with E-state index in [1.165, 1.54) is 32.1 Å². The van der Waals surface area contributed by atoms with Gasteiger partial charge in [-0.05, 0) is 55.9 Å². The minimum Gasteiger partial charge on any atom is -0.478 e. The molecule has 1 aliphatic carbocycles. The summed E-state index contributed by atoms with van der Waals surface area (Å²) in [6.07, 6.45) is 10.6.